The summed E-state index contributed by atoms with van der Waals surface area (Å²) >= 11 is 6.27. The zero-order valence-corrected chi connectivity index (χ0v) is 14.5. The molecule has 0 spiro atoms. The van der Waals surface area contributed by atoms with Crippen LogP contribution in [0.25, 0.3) is 0 Å². The minimum Gasteiger partial charge on any atom is -0.367 e. The quantitative estimate of drug-likeness (QED) is 0.627. The highest BCUT2D eigenvalue weighted by molar-refractivity contribution is 6.33. The first-order valence-corrected chi connectivity index (χ1v) is 8.35. The monoisotopic (exact) mass is 349 g/mol. The maximum Gasteiger partial charge on any atom is 0.334 e. The van der Waals surface area contributed by atoms with Gasteiger partial charge < -0.3 is 9.80 Å². The van der Waals surface area contributed by atoms with E-state index in [1.807, 2.05) is 36.1 Å². The van der Waals surface area contributed by atoms with Crippen molar-refractivity contribution < 1.29 is 4.92 Å². The zero-order chi connectivity index (χ0) is 17.3. The van der Waals surface area contributed by atoms with Gasteiger partial charge in [0.2, 0.25) is 5.82 Å². The summed E-state index contributed by atoms with van der Waals surface area (Å²) in [4.78, 5) is 15.4. The third-order valence-electron chi connectivity index (χ3n) is 4.35. The second-order valence-electron chi connectivity index (χ2n) is 5.78. The highest BCUT2D eigenvalue weighted by Gasteiger charge is 2.31. The average molecular weight is 350 g/mol. The largest absolute Gasteiger partial charge is 0.367 e. The lowest BCUT2D eigenvalue weighted by atomic mass is 10.2. The molecule has 8 heteroatoms. The average Bonchev–Trinajstić information content (AvgIpc) is 2.92. The van der Waals surface area contributed by atoms with E-state index in [2.05, 4.69) is 10.00 Å². The van der Waals surface area contributed by atoms with Crippen LogP contribution in [0.15, 0.2) is 24.3 Å². The molecule has 1 saturated heterocycles. The van der Waals surface area contributed by atoms with Crippen molar-refractivity contribution in [3.05, 3.63) is 45.1 Å². The van der Waals surface area contributed by atoms with Crippen LogP contribution in [0.1, 0.15) is 12.6 Å². The van der Waals surface area contributed by atoms with Gasteiger partial charge in [-0.1, -0.05) is 30.7 Å². The molecule has 0 N–H and O–H groups in total. The van der Waals surface area contributed by atoms with Crippen molar-refractivity contribution in [2.45, 2.75) is 13.3 Å². The molecule has 3 rings (SSSR count). The van der Waals surface area contributed by atoms with Crippen LogP contribution < -0.4 is 9.80 Å². The van der Waals surface area contributed by atoms with E-state index in [1.165, 1.54) is 0 Å². The van der Waals surface area contributed by atoms with Gasteiger partial charge in [0.15, 0.2) is 0 Å². The maximum atomic E-state index is 11.5. The van der Waals surface area contributed by atoms with Crippen molar-refractivity contribution in [1.82, 2.24) is 9.78 Å². The second-order valence-corrected chi connectivity index (χ2v) is 6.19. The fourth-order valence-electron chi connectivity index (χ4n) is 3.21. The third-order valence-corrected chi connectivity index (χ3v) is 4.67. The SMILES string of the molecule is CCc1nn(C)c(N2CCN(c3ccccc3Cl)CC2)c1[N+](=O)[O-]. The van der Waals surface area contributed by atoms with E-state index < -0.39 is 0 Å². The summed E-state index contributed by atoms with van der Waals surface area (Å²) in [6.45, 7) is 4.78. The highest BCUT2D eigenvalue weighted by Crippen LogP contribution is 2.33. The molecule has 2 heterocycles. The first-order valence-electron chi connectivity index (χ1n) is 7.97. The molecule has 24 heavy (non-hydrogen) atoms. The molecule has 1 aliphatic heterocycles. The fraction of sp³-hybridized carbons (Fsp3) is 0.438. The normalized spacial score (nSPS) is 15.0. The summed E-state index contributed by atoms with van der Waals surface area (Å²) in [5, 5.41) is 16.5. The van der Waals surface area contributed by atoms with Crippen molar-refractivity contribution in [2.75, 3.05) is 36.0 Å². The van der Waals surface area contributed by atoms with Crippen LogP contribution in [0.3, 0.4) is 0 Å². The molecule has 1 aliphatic rings. The third kappa shape index (κ3) is 2.91. The van der Waals surface area contributed by atoms with Gasteiger partial charge in [0, 0.05) is 33.2 Å². The Kier molecular flexibility index (Phi) is 4.62. The number of piperazine rings is 1. The van der Waals surface area contributed by atoms with Crippen LogP contribution >= 0.6 is 11.6 Å². The lowest BCUT2D eigenvalue weighted by Gasteiger charge is -2.37. The van der Waals surface area contributed by atoms with Gasteiger partial charge in [-0.25, -0.2) is 4.68 Å². The number of para-hydroxylation sites is 1. The molecule has 1 fully saturated rings. The van der Waals surface area contributed by atoms with Crippen LogP contribution in [0.4, 0.5) is 17.2 Å². The van der Waals surface area contributed by atoms with Crippen LogP contribution in [0.5, 0.6) is 0 Å². The zero-order valence-electron chi connectivity index (χ0n) is 13.8. The Balaban J connectivity index is 1.82. The van der Waals surface area contributed by atoms with Crippen LogP contribution in [-0.4, -0.2) is 40.9 Å². The summed E-state index contributed by atoms with van der Waals surface area (Å²) in [5.41, 5.74) is 1.67. The highest BCUT2D eigenvalue weighted by atomic mass is 35.5. The van der Waals surface area contributed by atoms with E-state index in [0.717, 1.165) is 23.8 Å². The molecule has 0 unspecified atom stereocenters. The van der Waals surface area contributed by atoms with Gasteiger partial charge in [0.25, 0.3) is 0 Å². The topological polar surface area (TPSA) is 67.4 Å². The summed E-state index contributed by atoms with van der Waals surface area (Å²) in [6.07, 6.45) is 0.545. The number of anilines is 2. The van der Waals surface area contributed by atoms with Crippen molar-refractivity contribution in [2.24, 2.45) is 7.05 Å². The number of hydrogen-bond acceptors (Lipinski definition) is 5. The minimum atomic E-state index is -0.318. The number of rotatable bonds is 4. The van der Waals surface area contributed by atoms with Crippen molar-refractivity contribution in [3.63, 3.8) is 0 Å². The van der Waals surface area contributed by atoms with Gasteiger partial charge in [-0.15, -0.1) is 0 Å². The maximum absolute atomic E-state index is 11.5. The van der Waals surface area contributed by atoms with E-state index >= 15 is 0 Å². The second kappa shape index (κ2) is 6.68. The summed E-state index contributed by atoms with van der Waals surface area (Å²) < 4.78 is 1.63. The van der Waals surface area contributed by atoms with Crippen molar-refractivity contribution >= 4 is 28.8 Å². The van der Waals surface area contributed by atoms with E-state index in [-0.39, 0.29) is 10.6 Å². The Morgan fingerprint density at radius 2 is 1.83 bits per heavy atom. The van der Waals surface area contributed by atoms with Crippen LogP contribution in [-0.2, 0) is 13.5 Å². The molecule has 0 radical (unpaired) electrons. The molecule has 1 aromatic carbocycles. The summed E-state index contributed by atoms with van der Waals surface area (Å²) in [6, 6.07) is 7.75. The Hall–Kier alpha value is -2.28. The van der Waals surface area contributed by atoms with Crippen molar-refractivity contribution in [1.29, 1.82) is 0 Å². The summed E-state index contributed by atoms with van der Waals surface area (Å²) in [7, 11) is 1.77. The molecule has 0 aliphatic carbocycles. The Morgan fingerprint density at radius 1 is 1.21 bits per heavy atom. The van der Waals surface area contributed by atoms with Crippen LogP contribution in [0, 0.1) is 10.1 Å². The van der Waals surface area contributed by atoms with Gasteiger partial charge in [-0.05, 0) is 18.6 Å². The Bertz CT molecular complexity index is 753. The van der Waals surface area contributed by atoms with E-state index in [4.69, 9.17) is 11.6 Å². The molecule has 7 nitrogen and oxygen atoms in total. The Labute approximate surface area is 145 Å². The van der Waals surface area contributed by atoms with Gasteiger partial charge in [-0.3, -0.25) is 10.1 Å². The molecule has 0 amide bonds. The molecule has 2 aromatic rings. The van der Waals surface area contributed by atoms with E-state index in [1.54, 1.807) is 11.7 Å². The first-order chi connectivity index (χ1) is 11.5. The van der Waals surface area contributed by atoms with E-state index in [0.29, 0.717) is 31.0 Å². The minimum absolute atomic E-state index is 0.131. The molecule has 1 aromatic heterocycles. The van der Waals surface area contributed by atoms with Crippen molar-refractivity contribution in [3.8, 4) is 0 Å². The number of hydrogen-bond donors (Lipinski definition) is 0. The predicted molar refractivity (Wildman–Crippen MR) is 95.1 cm³/mol. The standard InChI is InChI=1S/C16H20ClN5O2/c1-3-13-15(22(23)24)16(19(2)18-13)21-10-8-20(9-11-21)14-7-5-4-6-12(14)17/h4-7H,3,8-11H2,1-2H3. The first kappa shape index (κ1) is 16.6. The number of aryl methyl sites for hydroxylation is 2. The van der Waals surface area contributed by atoms with Gasteiger partial charge in [0.05, 0.1) is 15.6 Å². The molecular weight excluding hydrogens is 330 g/mol. The molecule has 0 atom stereocenters. The van der Waals surface area contributed by atoms with E-state index in [9.17, 15) is 10.1 Å². The number of halogens is 1. The smallest absolute Gasteiger partial charge is 0.334 e. The lowest BCUT2D eigenvalue weighted by molar-refractivity contribution is -0.384. The van der Waals surface area contributed by atoms with Gasteiger partial charge >= 0.3 is 5.69 Å². The number of aromatic nitrogens is 2. The summed E-state index contributed by atoms with van der Waals surface area (Å²) in [5.74, 6) is 0.593. The van der Waals surface area contributed by atoms with Gasteiger partial charge in [0.1, 0.15) is 5.69 Å². The van der Waals surface area contributed by atoms with Gasteiger partial charge in [-0.2, -0.15) is 5.10 Å². The number of benzene rings is 1. The fourth-order valence-corrected chi connectivity index (χ4v) is 3.46. The van der Waals surface area contributed by atoms with Crippen LogP contribution in [0.2, 0.25) is 5.02 Å². The molecular formula is C16H20ClN5O2. The number of nitro groups is 1. The molecule has 128 valence electrons. The predicted octanol–water partition coefficient (Wildman–Crippen LogP) is 2.87. The molecule has 0 bridgehead atoms. The number of nitrogens with zero attached hydrogens (tertiary/aromatic N) is 5. The molecule has 0 saturated carbocycles. The lowest BCUT2D eigenvalue weighted by Crippen LogP contribution is -2.47. The Morgan fingerprint density at radius 3 is 2.42 bits per heavy atom.